The van der Waals surface area contributed by atoms with Crippen LogP contribution in [0.25, 0.3) is 5.57 Å². The van der Waals surface area contributed by atoms with E-state index in [1.165, 1.54) is 18.2 Å². The molecule has 0 atom stereocenters. The number of aromatic nitrogens is 4. The van der Waals surface area contributed by atoms with E-state index in [9.17, 15) is 9.18 Å². The summed E-state index contributed by atoms with van der Waals surface area (Å²) in [4.78, 5) is 20.5. The van der Waals surface area contributed by atoms with Crippen LogP contribution < -0.4 is 16.0 Å². The first-order chi connectivity index (χ1) is 15.0. The highest BCUT2D eigenvalue weighted by molar-refractivity contribution is 5.99. The number of hydrogen-bond donors (Lipinski definition) is 3. The van der Waals surface area contributed by atoms with Gasteiger partial charge in [0.2, 0.25) is 11.9 Å². The first-order valence-corrected chi connectivity index (χ1v) is 9.41. The second-order valence-electron chi connectivity index (χ2n) is 6.74. The predicted octanol–water partition coefficient (Wildman–Crippen LogP) is 3.37. The molecule has 0 saturated carbocycles. The molecule has 0 bridgehead atoms. The molecule has 1 amide bonds. The van der Waals surface area contributed by atoms with Crippen molar-refractivity contribution in [1.82, 2.24) is 19.7 Å². The Bertz CT molecular complexity index is 1170. The van der Waals surface area contributed by atoms with E-state index in [4.69, 9.17) is 4.74 Å². The Hall–Kier alpha value is -4.05. The van der Waals surface area contributed by atoms with Crippen molar-refractivity contribution in [1.29, 1.82) is 0 Å². The van der Waals surface area contributed by atoms with Crippen molar-refractivity contribution in [2.24, 2.45) is 7.05 Å². The SMILES string of the molecule is C=CC(=O)Nc1ccc(F)c(Nc2nc(Nc3cnn(C)c3)ncc2C2=CCOC2)c1. The van der Waals surface area contributed by atoms with Crippen LogP contribution in [0.5, 0.6) is 0 Å². The lowest BCUT2D eigenvalue weighted by Crippen LogP contribution is -2.09. The predicted molar refractivity (Wildman–Crippen MR) is 116 cm³/mol. The molecule has 1 aromatic carbocycles. The van der Waals surface area contributed by atoms with Gasteiger partial charge in [0, 0.05) is 30.7 Å². The third kappa shape index (κ3) is 4.75. The smallest absolute Gasteiger partial charge is 0.247 e. The van der Waals surface area contributed by atoms with Crippen LogP contribution in [0.4, 0.5) is 33.2 Å². The lowest BCUT2D eigenvalue weighted by Gasteiger charge is -2.14. The quantitative estimate of drug-likeness (QED) is 0.502. The fourth-order valence-electron chi connectivity index (χ4n) is 2.98. The average molecular weight is 421 g/mol. The summed E-state index contributed by atoms with van der Waals surface area (Å²) in [6, 6.07) is 4.20. The number of nitrogens with one attached hydrogen (secondary N) is 3. The number of halogens is 1. The molecule has 0 saturated heterocycles. The van der Waals surface area contributed by atoms with Crippen LogP contribution in [0.3, 0.4) is 0 Å². The van der Waals surface area contributed by atoms with Gasteiger partial charge in [-0.15, -0.1) is 0 Å². The molecule has 4 rings (SSSR count). The number of nitrogens with zero attached hydrogens (tertiary/aromatic N) is 4. The molecule has 2 aromatic heterocycles. The van der Waals surface area contributed by atoms with Gasteiger partial charge < -0.3 is 20.7 Å². The zero-order valence-corrected chi connectivity index (χ0v) is 16.7. The lowest BCUT2D eigenvalue weighted by atomic mass is 10.1. The molecule has 1 aliphatic rings. The molecule has 158 valence electrons. The summed E-state index contributed by atoms with van der Waals surface area (Å²) >= 11 is 0. The normalized spacial score (nSPS) is 12.9. The van der Waals surface area contributed by atoms with Gasteiger partial charge in [-0.2, -0.15) is 10.1 Å². The van der Waals surface area contributed by atoms with Crippen molar-refractivity contribution in [2.75, 3.05) is 29.2 Å². The molecule has 3 heterocycles. The fraction of sp³-hybridized carbons (Fsp3) is 0.143. The third-order valence-corrected chi connectivity index (χ3v) is 4.47. The highest BCUT2D eigenvalue weighted by Gasteiger charge is 2.17. The molecule has 0 aliphatic carbocycles. The second-order valence-corrected chi connectivity index (χ2v) is 6.74. The van der Waals surface area contributed by atoms with E-state index in [0.29, 0.717) is 41.9 Å². The summed E-state index contributed by atoms with van der Waals surface area (Å²) in [5.41, 5.74) is 2.86. The number of aryl methyl sites for hydroxylation is 1. The zero-order chi connectivity index (χ0) is 21.8. The molecule has 9 nitrogen and oxygen atoms in total. The van der Waals surface area contributed by atoms with Crippen molar-refractivity contribution in [3.05, 3.63) is 66.9 Å². The van der Waals surface area contributed by atoms with E-state index in [2.05, 4.69) is 37.6 Å². The summed E-state index contributed by atoms with van der Waals surface area (Å²) < 4.78 is 21.6. The van der Waals surface area contributed by atoms with Crippen LogP contribution >= 0.6 is 0 Å². The standard InChI is InChI=1S/C21H20FN7O2/c1-3-19(30)25-14-4-5-17(22)18(8-14)27-20-16(13-6-7-31-12-13)10-23-21(28-20)26-15-9-24-29(2)11-15/h3-6,8-11H,1,7,12H2,2H3,(H,25,30)(H2,23,26,27,28). The number of hydrogen-bond acceptors (Lipinski definition) is 7. The van der Waals surface area contributed by atoms with Crippen LogP contribution in [0.1, 0.15) is 5.56 Å². The number of amides is 1. The molecule has 0 radical (unpaired) electrons. The Kier molecular flexibility index (Phi) is 5.72. The van der Waals surface area contributed by atoms with Crippen molar-refractivity contribution in [3.63, 3.8) is 0 Å². The number of benzene rings is 1. The number of rotatable bonds is 7. The van der Waals surface area contributed by atoms with Crippen LogP contribution in [-0.2, 0) is 16.6 Å². The molecule has 0 spiro atoms. The Morgan fingerprint density at radius 3 is 2.87 bits per heavy atom. The molecular weight excluding hydrogens is 401 g/mol. The van der Waals surface area contributed by atoms with Crippen LogP contribution in [0.2, 0.25) is 0 Å². The van der Waals surface area contributed by atoms with E-state index in [1.807, 2.05) is 6.08 Å². The molecule has 3 N–H and O–H groups in total. The minimum atomic E-state index is -0.500. The molecule has 0 fully saturated rings. The monoisotopic (exact) mass is 421 g/mol. The highest BCUT2D eigenvalue weighted by atomic mass is 19.1. The van der Waals surface area contributed by atoms with Gasteiger partial charge in [0.25, 0.3) is 0 Å². The molecular formula is C21H20FN7O2. The first-order valence-electron chi connectivity index (χ1n) is 9.41. The van der Waals surface area contributed by atoms with Gasteiger partial charge in [0.15, 0.2) is 0 Å². The van der Waals surface area contributed by atoms with Gasteiger partial charge in [-0.25, -0.2) is 9.37 Å². The van der Waals surface area contributed by atoms with Crippen molar-refractivity contribution < 1.29 is 13.9 Å². The summed E-state index contributed by atoms with van der Waals surface area (Å²) in [6.45, 7) is 4.31. The van der Waals surface area contributed by atoms with E-state index in [1.54, 1.807) is 30.3 Å². The average Bonchev–Trinajstić information content (AvgIpc) is 3.43. The van der Waals surface area contributed by atoms with Crippen LogP contribution in [0.15, 0.2) is 55.5 Å². The van der Waals surface area contributed by atoms with Crippen molar-refractivity contribution in [3.8, 4) is 0 Å². The largest absolute Gasteiger partial charge is 0.373 e. The van der Waals surface area contributed by atoms with Gasteiger partial charge in [-0.1, -0.05) is 12.7 Å². The van der Waals surface area contributed by atoms with Gasteiger partial charge in [-0.05, 0) is 29.8 Å². The maximum Gasteiger partial charge on any atom is 0.247 e. The molecule has 10 heteroatoms. The Labute approximate surface area is 177 Å². The zero-order valence-electron chi connectivity index (χ0n) is 16.7. The fourth-order valence-corrected chi connectivity index (χ4v) is 2.98. The number of anilines is 5. The molecule has 0 unspecified atom stereocenters. The van der Waals surface area contributed by atoms with Gasteiger partial charge in [-0.3, -0.25) is 9.48 Å². The van der Waals surface area contributed by atoms with Gasteiger partial charge in [0.1, 0.15) is 11.6 Å². The minimum absolute atomic E-state index is 0.147. The topological polar surface area (TPSA) is 106 Å². The maximum absolute atomic E-state index is 14.5. The van der Waals surface area contributed by atoms with E-state index >= 15 is 0 Å². The number of ether oxygens (including phenoxy) is 1. The Morgan fingerprint density at radius 1 is 1.29 bits per heavy atom. The van der Waals surface area contributed by atoms with Gasteiger partial charge >= 0.3 is 0 Å². The lowest BCUT2D eigenvalue weighted by molar-refractivity contribution is -0.111. The van der Waals surface area contributed by atoms with E-state index in [0.717, 1.165) is 11.6 Å². The molecule has 1 aliphatic heterocycles. The third-order valence-electron chi connectivity index (χ3n) is 4.47. The van der Waals surface area contributed by atoms with Crippen LogP contribution in [-0.4, -0.2) is 38.9 Å². The summed E-state index contributed by atoms with van der Waals surface area (Å²) in [7, 11) is 1.80. The maximum atomic E-state index is 14.5. The number of carbonyl (C=O) groups is 1. The number of carbonyl (C=O) groups excluding carboxylic acids is 1. The molecule has 3 aromatic rings. The van der Waals surface area contributed by atoms with Crippen LogP contribution in [0, 0.1) is 5.82 Å². The van der Waals surface area contributed by atoms with Gasteiger partial charge in [0.05, 0.1) is 30.8 Å². The minimum Gasteiger partial charge on any atom is -0.373 e. The molecule has 31 heavy (non-hydrogen) atoms. The highest BCUT2D eigenvalue weighted by Crippen LogP contribution is 2.30. The Balaban J connectivity index is 1.68. The Morgan fingerprint density at radius 2 is 2.16 bits per heavy atom. The summed E-state index contributed by atoms with van der Waals surface area (Å²) in [6.07, 6.45) is 8.14. The van der Waals surface area contributed by atoms with E-state index in [-0.39, 0.29) is 5.69 Å². The summed E-state index contributed by atoms with van der Waals surface area (Å²) in [5.74, 6) is -0.185. The first kappa shape index (κ1) is 20.2. The van der Waals surface area contributed by atoms with Crippen molar-refractivity contribution in [2.45, 2.75) is 0 Å². The summed E-state index contributed by atoms with van der Waals surface area (Å²) in [5, 5.41) is 12.8. The van der Waals surface area contributed by atoms with Crippen molar-refractivity contribution >= 4 is 40.3 Å². The second kappa shape index (κ2) is 8.76. The van der Waals surface area contributed by atoms with E-state index < -0.39 is 11.7 Å².